The normalized spacial score (nSPS) is 19.3. The Bertz CT molecular complexity index is 668. The number of anilines is 1. The average molecular weight is 309 g/mol. The highest BCUT2D eigenvalue weighted by Gasteiger charge is 2.24. The minimum atomic E-state index is 0.400. The van der Waals surface area contributed by atoms with Crippen LogP contribution in [0.3, 0.4) is 0 Å². The maximum atomic E-state index is 5.71. The quantitative estimate of drug-likeness (QED) is 0.868. The highest BCUT2D eigenvalue weighted by molar-refractivity contribution is 5.41. The summed E-state index contributed by atoms with van der Waals surface area (Å²) in [6, 6.07) is 9.96. The van der Waals surface area contributed by atoms with Crippen LogP contribution in [0.2, 0.25) is 0 Å². The van der Waals surface area contributed by atoms with Gasteiger partial charge < -0.3 is 9.64 Å². The maximum absolute atomic E-state index is 5.71. The van der Waals surface area contributed by atoms with Gasteiger partial charge in [-0.15, -0.1) is 0 Å². The first-order valence-electron chi connectivity index (χ1n) is 8.24. The SMILES string of the molecule is CC(c1ccc2c(c1)OCC2)N1CCN(c2nc[c]cn2)CC1. The predicted molar refractivity (Wildman–Crippen MR) is 88.7 cm³/mol. The summed E-state index contributed by atoms with van der Waals surface area (Å²) in [5.74, 6) is 1.88. The van der Waals surface area contributed by atoms with Crippen LogP contribution in [0.4, 0.5) is 5.95 Å². The van der Waals surface area contributed by atoms with Crippen LogP contribution in [0.25, 0.3) is 0 Å². The van der Waals surface area contributed by atoms with Gasteiger partial charge in [0.05, 0.1) is 6.61 Å². The van der Waals surface area contributed by atoms with Crippen LogP contribution in [-0.4, -0.2) is 47.7 Å². The van der Waals surface area contributed by atoms with Gasteiger partial charge in [-0.2, -0.15) is 0 Å². The van der Waals surface area contributed by atoms with Crippen molar-refractivity contribution in [2.24, 2.45) is 0 Å². The highest BCUT2D eigenvalue weighted by Crippen LogP contribution is 2.31. The number of benzene rings is 1. The fourth-order valence-corrected chi connectivity index (χ4v) is 3.38. The molecule has 1 saturated heterocycles. The van der Waals surface area contributed by atoms with Crippen LogP contribution < -0.4 is 9.64 Å². The molecule has 0 bridgehead atoms. The zero-order chi connectivity index (χ0) is 15.6. The number of hydrogen-bond acceptors (Lipinski definition) is 5. The van der Waals surface area contributed by atoms with Gasteiger partial charge in [-0.3, -0.25) is 4.90 Å². The van der Waals surface area contributed by atoms with E-state index >= 15 is 0 Å². The molecule has 0 amide bonds. The van der Waals surface area contributed by atoms with Gasteiger partial charge in [0.15, 0.2) is 0 Å². The molecule has 0 saturated carbocycles. The summed E-state index contributed by atoms with van der Waals surface area (Å²) < 4.78 is 5.71. The second kappa shape index (κ2) is 6.16. The van der Waals surface area contributed by atoms with E-state index in [9.17, 15) is 0 Å². The van der Waals surface area contributed by atoms with Crippen molar-refractivity contribution >= 4 is 5.95 Å². The summed E-state index contributed by atoms with van der Waals surface area (Å²) in [5, 5.41) is 0. The summed E-state index contributed by atoms with van der Waals surface area (Å²) in [5.41, 5.74) is 2.67. The lowest BCUT2D eigenvalue weighted by Crippen LogP contribution is -2.47. The molecule has 1 aromatic carbocycles. The van der Waals surface area contributed by atoms with Crippen LogP contribution >= 0.6 is 0 Å². The zero-order valence-corrected chi connectivity index (χ0v) is 13.4. The van der Waals surface area contributed by atoms with Crippen molar-refractivity contribution in [3.05, 3.63) is 47.8 Å². The minimum absolute atomic E-state index is 0.400. The van der Waals surface area contributed by atoms with Gasteiger partial charge in [-0.1, -0.05) is 12.1 Å². The zero-order valence-electron chi connectivity index (χ0n) is 13.4. The molecule has 1 radical (unpaired) electrons. The van der Waals surface area contributed by atoms with Gasteiger partial charge in [0.1, 0.15) is 5.75 Å². The van der Waals surface area contributed by atoms with Crippen LogP contribution in [0.15, 0.2) is 30.6 Å². The largest absolute Gasteiger partial charge is 0.493 e. The molecule has 0 N–H and O–H groups in total. The lowest BCUT2D eigenvalue weighted by Gasteiger charge is -2.38. The number of rotatable bonds is 3. The fourth-order valence-electron chi connectivity index (χ4n) is 3.38. The van der Waals surface area contributed by atoms with Crippen LogP contribution in [0.1, 0.15) is 24.1 Å². The number of aromatic nitrogens is 2. The minimum Gasteiger partial charge on any atom is -0.493 e. The first kappa shape index (κ1) is 14.5. The fraction of sp³-hybridized carbons (Fsp3) is 0.444. The van der Waals surface area contributed by atoms with E-state index in [1.807, 2.05) is 0 Å². The Labute approximate surface area is 136 Å². The molecule has 0 spiro atoms. The number of ether oxygens (including phenoxy) is 1. The second-order valence-electron chi connectivity index (χ2n) is 6.15. The molecule has 2 aliphatic rings. The second-order valence-corrected chi connectivity index (χ2v) is 6.15. The van der Waals surface area contributed by atoms with E-state index in [-0.39, 0.29) is 0 Å². The lowest BCUT2D eigenvalue weighted by atomic mass is 10.0. The topological polar surface area (TPSA) is 41.5 Å². The van der Waals surface area contributed by atoms with Crippen molar-refractivity contribution in [2.45, 2.75) is 19.4 Å². The molecule has 1 aromatic heterocycles. The first-order chi connectivity index (χ1) is 11.3. The summed E-state index contributed by atoms with van der Waals surface area (Å²) >= 11 is 0. The molecule has 5 heteroatoms. The highest BCUT2D eigenvalue weighted by atomic mass is 16.5. The molecular weight excluding hydrogens is 288 g/mol. The number of nitrogens with zero attached hydrogens (tertiary/aromatic N) is 4. The van der Waals surface area contributed by atoms with Crippen molar-refractivity contribution in [3.8, 4) is 5.75 Å². The summed E-state index contributed by atoms with van der Waals surface area (Å²) in [7, 11) is 0. The molecule has 5 nitrogen and oxygen atoms in total. The Kier molecular flexibility index (Phi) is 3.87. The number of hydrogen-bond donors (Lipinski definition) is 0. The number of piperazine rings is 1. The van der Waals surface area contributed by atoms with E-state index in [0.29, 0.717) is 6.04 Å². The number of fused-ring (bicyclic) bond motifs is 1. The average Bonchev–Trinajstić information content (AvgIpc) is 3.10. The standard InChI is InChI=1S/C18H21N4O/c1-14(16-4-3-15-5-12-23-17(15)13-16)21-8-10-22(11-9-21)18-19-6-2-7-20-18/h3-4,6-7,13-14H,5,8-12H2,1H3. The van der Waals surface area contributed by atoms with Crippen molar-refractivity contribution in [1.82, 2.24) is 14.9 Å². The molecule has 2 aromatic rings. The van der Waals surface area contributed by atoms with E-state index in [2.05, 4.69) is 51.0 Å². The van der Waals surface area contributed by atoms with E-state index < -0.39 is 0 Å². The Balaban J connectivity index is 1.42. The van der Waals surface area contributed by atoms with Crippen LogP contribution in [0, 0.1) is 6.07 Å². The lowest BCUT2D eigenvalue weighted by molar-refractivity contribution is 0.197. The molecule has 119 valence electrons. The molecule has 1 atom stereocenters. The van der Waals surface area contributed by atoms with Crippen molar-refractivity contribution in [3.63, 3.8) is 0 Å². The maximum Gasteiger partial charge on any atom is 0.225 e. The van der Waals surface area contributed by atoms with Gasteiger partial charge in [-0.05, 0) is 24.1 Å². The Hall–Kier alpha value is -2.14. The molecule has 4 rings (SSSR count). The van der Waals surface area contributed by atoms with Crippen molar-refractivity contribution < 1.29 is 4.74 Å². The Morgan fingerprint density at radius 1 is 1.13 bits per heavy atom. The van der Waals surface area contributed by atoms with E-state index in [0.717, 1.165) is 50.9 Å². The molecule has 2 aliphatic heterocycles. The molecular formula is C18H21N4O. The van der Waals surface area contributed by atoms with Crippen molar-refractivity contribution in [1.29, 1.82) is 0 Å². The molecule has 23 heavy (non-hydrogen) atoms. The smallest absolute Gasteiger partial charge is 0.225 e. The monoisotopic (exact) mass is 309 g/mol. The predicted octanol–water partition coefficient (Wildman–Crippen LogP) is 2.09. The first-order valence-corrected chi connectivity index (χ1v) is 8.24. The summed E-state index contributed by atoms with van der Waals surface area (Å²) in [4.78, 5) is 13.3. The van der Waals surface area contributed by atoms with Gasteiger partial charge in [0.25, 0.3) is 0 Å². The Morgan fingerprint density at radius 2 is 1.91 bits per heavy atom. The molecule has 3 heterocycles. The summed E-state index contributed by atoms with van der Waals surface area (Å²) in [6.45, 7) is 7.04. The third kappa shape index (κ3) is 2.88. The van der Waals surface area contributed by atoms with E-state index in [1.165, 1.54) is 11.1 Å². The van der Waals surface area contributed by atoms with Gasteiger partial charge in [0.2, 0.25) is 5.95 Å². The molecule has 1 unspecified atom stereocenters. The molecule has 0 aliphatic carbocycles. The third-order valence-electron chi connectivity index (χ3n) is 4.86. The van der Waals surface area contributed by atoms with E-state index in [1.54, 1.807) is 12.4 Å². The van der Waals surface area contributed by atoms with Gasteiger partial charge in [0, 0.05) is 57.1 Å². The van der Waals surface area contributed by atoms with Crippen molar-refractivity contribution in [2.75, 3.05) is 37.7 Å². The molecule has 1 fully saturated rings. The third-order valence-corrected chi connectivity index (χ3v) is 4.86. The van der Waals surface area contributed by atoms with E-state index in [4.69, 9.17) is 4.74 Å². The van der Waals surface area contributed by atoms with Crippen LogP contribution in [-0.2, 0) is 6.42 Å². The van der Waals surface area contributed by atoms with Gasteiger partial charge in [-0.25, -0.2) is 9.97 Å². The Morgan fingerprint density at radius 3 is 2.70 bits per heavy atom. The van der Waals surface area contributed by atoms with Crippen LogP contribution in [0.5, 0.6) is 5.75 Å². The van der Waals surface area contributed by atoms with Gasteiger partial charge >= 0.3 is 0 Å². The summed E-state index contributed by atoms with van der Waals surface area (Å²) in [6.07, 6.45) is 4.40.